The van der Waals surface area contributed by atoms with Gasteiger partial charge in [0.1, 0.15) is 29.7 Å². The molecule has 0 aliphatic carbocycles. The molecule has 1 aliphatic rings. The van der Waals surface area contributed by atoms with E-state index in [4.69, 9.17) is 30.9 Å². The number of hydrogen-bond acceptors (Lipinski definition) is 8. The first-order chi connectivity index (χ1) is 21.2. The van der Waals surface area contributed by atoms with Gasteiger partial charge in [0.05, 0.1) is 37.1 Å². The molecule has 0 saturated carbocycles. The highest BCUT2D eigenvalue weighted by Crippen LogP contribution is 2.34. The van der Waals surface area contributed by atoms with Gasteiger partial charge in [0.15, 0.2) is 0 Å². The third-order valence-electron chi connectivity index (χ3n) is 6.84. The van der Waals surface area contributed by atoms with Crippen LogP contribution >= 0.6 is 11.6 Å². The molecule has 10 nitrogen and oxygen atoms in total. The molecule has 0 bridgehead atoms. The monoisotopic (exact) mass is 616 g/mol. The second-order valence-corrected chi connectivity index (χ2v) is 10.4. The van der Waals surface area contributed by atoms with E-state index >= 15 is 0 Å². The maximum absolute atomic E-state index is 13.7. The van der Waals surface area contributed by atoms with Crippen molar-refractivity contribution in [3.63, 3.8) is 0 Å². The molecule has 228 valence electrons. The summed E-state index contributed by atoms with van der Waals surface area (Å²) >= 11 is 6.59. The predicted molar refractivity (Wildman–Crippen MR) is 165 cm³/mol. The number of hydrogen-bond donors (Lipinski definition) is 0. The lowest BCUT2D eigenvalue weighted by Gasteiger charge is -2.27. The van der Waals surface area contributed by atoms with Crippen LogP contribution < -0.4 is 4.74 Å². The first-order valence-corrected chi connectivity index (χ1v) is 14.6. The molecule has 11 heteroatoms. The molecule has 0 fully saturated rings. The topological polar surface area (TPSA) is 124 Å². The molecule has 0 unspecified atom stereocenters. The molecule has 0 radical (unpaired) electrons. The number of amides is 2. The second kappa shape index (κ2) is 15.1. The van der Waals surface area contributed by atoms with Crippen molar-refractivity contribution in [3.05, 3.63) is 82.0 Å². The number of benzene rings is 2. The van der Waals surface area contributed by atoms with Crippen molar-refractivity contribution in [2.75, 3.05) is 33.0 Å². The molecule has 0 atom stereocenters. The lowest BCUT2D eigenvalue weighted by Crippen LogP contribution is -2.44. The number of nitriles is 1. The number of ether oxygens (including phenoxy) is 3. The van der Waals surface area contributed by atoms with Crippen molar-refractivity contribution in [3.8, 4) is 28.8 Å². The lowest BCUT2D eigenvalue weighted by atomic mass is 9.93. The number of para-hydroxylation sites is 1. The molecule has 1 aliphatic heterocycles. The third kappa shape index (κ3) is 7.61. The molecular formula is C33H33ClN4O6. The summed E-state index contributed by atoms with van der Waals surface area (Å²) in [5.74, 6) is -1.12. The van der Waals surface area contributed by atoms with Crippen molar-refractivity contribution in [2.24, 2.45) is 0 Å². The van der Waals surface area contributed by atoms with Crippen molar-refractivity contribution >= 4 is 35.5 Å². The van der Waals surface area contributed by atoms with Gasteiger partial charge < -0.3 is 14.2 Å². The molecule has 0 N–H and O–H groups in total. The van der Waals surface area contributed by atoms with Gasteiger partial charge in [-0.3, -0.25) is 19.3 Å². The van der Waals surface area contributed by atoms with Crippen molar-refractivity contribution in [2.45, 2.75) is 33.6 Å². The fourth-order valence-corrected chi connectivity index (χ4v) is 4.75. The Balaban J connectivity index is 1.71. The summed E-state index contributed by atoms with van der Waals surface area (Å²) in [4.78, 5) is 38.7. The van der Waals surface area contributed by atoms with Crippen LogP contribution in [0, 0.1) is 11.3 Å². The fourth-order valence-electron chi connectivity index (χ4n) is 4.51. The number of halogens is 1. The maximum atomic E-state index is 13.7. The normalized spacial score (nSPS) is 14.2. The average Bonchev–Trinajstić information content (AvgIpc) is 3.44. The first-order valence-electron chi connectivity index (χ1n) is 14.2. The van der Waals surface area contributed by atoms with E-state index in [-0.39, 0.29) is 43.1 Å². The van der Waals surface area contributed by atoms with Gasteiger partial charge in [-0.1, -0.05) is 43.1 Å². The quantitative estimate of drug-likeness (QED) is 0.106. The van der Waals surface area contributed by atoms with E-state index in [0.717, 1.165) is 23.4 Å². The zero-order chi connectivity index (χ0) is 31.6. The van der Waals surface area contributed by atoms with Crippen LogP contribution in [0.25, 0.3) is 23.0 Å². The summed E-state index contributed by atoms with van der Waals surface area (Å²) in [6.45, 7) is 5.58. The van der Waals surface area contributed by atoms with Gasteiger partial charge >= 0.3 is 5.97 Å². The van der Waals surface area contributed by atoms with Gasteiger partial charge in [-0.25, -0.2) is 4.68 Å². The molecule has 2 aromatic carbocycles. The minimum Gasteiger partial charge on any atom is -0.492 e. The van der Waals surface area contributed by atoms with Gasteiger partial charge in [0, 0.05) is 29.8 Å². The largest absolute Gasteiger partial charge is 0.492 e. The summed E-state index contributed by atoms with van der Waals surface area (Å²) < 4.78 is 17.8. The minimum absolute atomic E-state index is 0.00610. The Morgan fingerprint density at radius 1 is 1.07 bits per heavy atom. The molecule has 1 aromatic heterocycles. The van der Waals surface area contributed by atoms with E-state index < -0.39 is 17.8 Å². The zero-order valence-electron chi connectivity index (χ0n) is 24.8. The molecule has 4 rings (SSSR count). The Hall–Kier alpha value is -4.72. The minimum atomic E-state index is -0.693. The second-order valence-electron chi connectivity index (χ2n) is 9.94. The number of carbonyl (C=O) groups excluding carboxylic acids is 3. The van der Waals surface area contributed by atoms with Crippen LogP contribution in [0.5, 0.6) is 5.75 Å². The van der Waals surface area contributed by atoms with Crippen LogP contribution in [0.3, 0.4) is 0 Å². The highest BCUT2D eigenvalue weighted by molar-refractivity contribution is 6.32. The first kappa shape index (κ1) is 32.2. The van der Waals surface area contributed by atoms with Crippen LogP contribution in [0.15, 0.2) is 71.4 Å². The standard InChI is InChI=1S/C33H33ClN4O6/c1-4-5-14-44-30-12-11-24(19-29(30)34)31-25(21-38(36-31)26-9-7-6-8-10-26)18-27-22(2)28(20-35)33(41)37(32(27)40)13-15-42-16-17-43-23(3)39/h6-12,18-19,21H,4-5,13-17H2,1-3H3/b27-18+. The van der Waals surface area contributed by atoms with E-state index in [1.54, 1.807) is 36.0 Å². The fraction of sp³-hybridized carbons (Fsp3) is 0.303. The Kier molecular flexibility index (Phi) is 11.1. The van der Waals surface area contributed by atoms with Crippen LogP contribution in [0.2, 0.25) is 5.02 Å². The molecule has 2 heterocycles. The number of carbonyl (C=O) groups is 3. The number of unbranched alkanes of at least 4 members (excludes halogenated alkanes) is 1. The molecule has 2 amide bonds. The maximum Gasteiger partial charge on any atom is 0.302 e. The van der Waals surface area contributed by atoms with Crippen LogP contribution in [-0.2, 0) is 23.9 Å². The van der Waals surface area contributed by atoms with Gasteiger partial charge in [0.2, 0.25) is 0 Å². The summed E-state index contributed by atoms with van der Waals surface area (Å²) in [6, 6.07) is 16.8. The Bertz CT molecular complexity index is 1640. The Labute approximate surface area is 261 Å². The number of rotatable bonds is 13. The molecule has 3 aromatic rings. The van der Waals surface area contributed by atoms with E-state index in [1.165, 1.54) is 6.92 Å². The van der Waals surface area contributed by atoms with Crippen molar-refractivity contribution in [1.29, 1.82) is 5.26 Å². The Morgan fingerprint density at radius 2 is 1.84 bits per heavy atom. The SMILES string of the molecule is CCCCOc1ccc(-c2nn(-c3ccccc3)cc2/C=C2/C(=O)N(CCOCCOC(C)=O)C(=O)C(C#N)=C2C)cc1Cl. The summed E-state index contributed by atoms with van der Waals surface area (Å²) in [5, 5.41) is 15.1. The molecule has 44 heavy (non-hydrogen) atoms. The summed E-state index contributed by atoms with van der Waals surface area (Å²) in [6.07, 6.45) is 5.32. The van der Waals surface area contributed by atoms with Gasteiger partial charge in [-0.2, -0.15) is 10.4 Å². The molecule has 0 spiro atoms. The van der Waals surface area contributed by atoms with Gasteiger partial charge in [0.25, 0.3) is 11.8 Å². The highest BCUT2D eigenvalue weighted by atomic mass is 35.5. The predicted octanol–water partition coefficient (Wildman–Crippen LogP) is 5.54. The average molecular weight is 617 g/mol. The molecule has 0 saturated heterocycles. The van der Waals surface area contributed by atoms with Crippen LogP contribution in [0.4, 0.5) is 0 Å². The van der Waals surface area contributed by atoms with Crippen molar-refractivity contribution in [1.82, 2.24) is 14.7 Å². The summed E-state index contributed by atoms with van der Waals surface area (Å²) in [7, 11) is 0. The van der Waals surface area contributed by atoms with Crippen LogP contribution in [-0.4, -0.2) is 65.4 Å². The van der Waals surface area contributed by atoms with E-state index in [1.807, 2.05) is 42.5 Å². The van der Waals surface area contributed by atoms with Gasteiger partial charge in [-0.15, -0.1) is 0 Å². The number of nitrogens with zero attached hydrogens (tertiary/aromatic N) is 4. The van der Waals surface area contributed by atoms with Gasteiger partial charge in [-0.05, 0) is 55.3 Å². The lowest BCUT2D eigenvalue weighted by molar-refractivity contribution is -0.142. The molecular weight excluding hydrogens is 584 g/mol. The third-order valence-corrected chi connectivity index (χ3v) is 7.14. The number of imide groups is 1. The number of aromatic nitrogens is 2. The van der Waals surface area contributed by atoms with E-state index in [0.29, 0.717) is 34.2 Å². The van der Waals surface area contributed by atoms with E-state index in [9.17, 15) is 19.6 Å². The number of esters is 1. The van der Waals surface area contributed by atoms with E-state index in [2.05, 4.69) is 6.92 Å². The van der Waals surface area contributed by atoms with Crippen LogP contribution in [0.1, 0.15) is 39.2 Å². The highest BCUT2D eigenvalue weighted by Gasteiger charge is 2.35. The van der Waals surface area contributed by atoms with Crippen molar-refractivity contribution < 1.29 is 28.6 Å². The Morgan fingerprint density at radius 3 is 2.52 bits per heavy atom. The smallest absolute Gasteiger partial charge is 0.302 e. The summed E-state index contributed by atoms with van der Waals surface area (Å²) in [5.41, 5.74) is 2.93. The zero-order valence-corrected chi connectivity index (χ0v) is 25.6.